The van der Waals surface area contributed by atoms with Gasteiger partial charge in [-0.25, -0.2) is 4.79 Å². The molecule has 2 aliphatic rings. The van der Waals surface area contributed by atoms with E-state index in [0.29, 0.717) is 24.7 Å². The highest BCUT2D eigenvalue weighted by Gasteiger charge is 2.30. The van der Waals surface area contributed by atoms with Crippen LogP contribution in [0.3, 0.4) is 0 Å². The highest BCUT2D eigenvalue weighted by atomic mass is 16.4. The van der Waals surface area contributed by atoms with Crippen molar-refractivity contribution in [3.63, 3.8) is 0 Å². The molecular formula is C13H21NO3. The first-order valence-electron chi connectivity index (χ1n) is 6.67. The highest BCUT2D eigenvalue weighted by molar-refractivity contribution is 5.83. The summed E-state index contributed by atoms with van der Waals surface area (Å²) in [5.41, 5.74) is 0. The number of hydrogen-bond acceptors (Lipinski definition) is 2. The van der Waals surface area contributed by atoms with Crippen molar-refractivity contribution in [2.24, 2.45) is 11.8 Å². The van der Waals surface area contributed by atoms with Gasteiger partial charge in [0.25, 0.3) is 0 Å². The number of carbonyl (C=O) groups excluding carboxylic acids is 1. The molecule has 2 fully saturated rings. The van der Waals surface area contributed by atoms with E-state index in [-0.39, 0.29) is 5.91 Å². The van der Waals surface area contributed by atoms with E-state index in [1.807, 2.05) is 0 Å². The van der Waals surface area contributed by atoms with Crippen LogP contribution in [-0.4, -0.2) is 23.0 Å². The van der Waals surface area contributed by atoms with Gasteiger partial charge in [0.2, 0.25) is 5.91 Å². The first kappa shape index (κ1) is 12.4. The van der Waals surface area contributed by atoms with E-state index in [1.165, 1.54) is 12.8 Å². The van der Waals surface area contributed by atoms with Gasteiger partial charge in [0.15, 0.2) is 0 Å². The summed E-state index contributed by atoms with van der Waals surface area (Å²) in [5, 5.41) is 11.7. The molecule has 0 spiro atoms. The summed E-state index contributed by atoms with van der Waals surface area (Å²) in [5.74, 6) is 0.0230. The first-order valence-corrected chi connectivity index (χ1v) is 6.67. The SMILES string of the molecule is O=C(CC1CCCC1)NC(CC1CC1)C(=O)O. The average Bonchev–Trinajstić information content (AvgIpc) is 2.93. The van der Waals surface area contributed by atoms with Gasteiger partial charge in [-0.15, -0.1) is 0 Å². The third kappa shape index (κ3) is 4.02. The van der Waals surface area contributed by atoms with E-state index >= 15 is 0 Å². The van der Waals surface area contributed by atoms with Gasteiger partial charge in [-0.1, -0.05) is 25.7 Å². The lowest BCUT2D eigenvalue weighted by atomic mass is 10.0. The fourth-order valence-corrected chi connectivity index (χ4v) is 2.64. The Morgan fingerprint density at radius 1 is 1.12 bits per heavy atom. The van der Waals surface area contributed by atoms with E-state index in [4.69, 9.17) is 5.11 Å². The molecule has 2 rings (SSSR count). The minimum Gasteiger partial charge on any atom is -0.480 e. The predicted octanol–water partition coefficient (Wildman–Crippen LogP) is 1.94. The van der Waals surface area contributed by atoms with Gasteiger partial charge in [-0.2, -0.15) is 0 Å². The van der Waals surface area contributed by atoms with Gasteiger partial charge < -0.3 is 10.4 Å². The molecule has 17 heavy (non-hydrogen) atoms. The molecule has 4 heteroatoms. The number of aliphatic carboxylic acids is 1. The molecule has 2 aliphatic carbocycles. The normalized spacial score (nSPS) is 22.4. The maximum absolute atomic E-state index is 11.7. The van der Waals surface area contributed by atoms with E-state index < -0.39 is 12.0 Å². The number of hydrogen-bond donors (Lipinski definition) is 2. The number of rotatable bonds is 6. The molecule has 1 amide bonds. The van der Waals surface area contributed by atoms with Crippen molar-refractivity contribution in [2.45, 2.75) is 57.4 Å². The number of carboxylic acid groups (broad SMARTS) is 1. The summed E-state index contributed by atoms with van der Waals surface area (Å²) in [6.07, 6.45) is 8.00. The van der Waals surface area contributed by atoms with Crippen LogP contribution in [0.25, 0.3) is 0 Å². The number of nitrogens with one attached hydrogen (secondary N) is 1. The summed E-state index contributed by atoms with van der Waals surface area (Å²) in [4.78, 5) is 22.8. The van der Waals surface area contributed by atoms with Gasteiger partial charge in [0.1, 0.15) is 6.04 Å². The monoisotopic (exact) mass is 239 g/mol. The van der Waals surface area contributed by atoms with Gasteiger partial charge in [-0.3, -0.25) is 4.79 Å². The Bertz CT molecular complexity index is 293. The second-order valence-corrected chi connectivity index (χ2v) is 5.49. The Morgan fingerprint density at radius 2 is 1.76 bits per heavy atom. The Hall–Kier alpha value is -1.06. The van der Waals surface area contributed by atoms with Crippen LogP contribution < -0.4 is 5.32 Å². The van der Waals surface area contributed by atoms with Crippen molar-refractivity contribution in [1.82, 2.24) is 5.32 Å². The molecule has 1 unspecified atom stereocenters. The molecule has 2 N–H and O–H groups in total. The zero-order valence-corrected chi connectivity index (χ0v) is 10.2. The number of amides is 1. The van der Waals surface area contributed by atoms with Crippen molar-refractivity contribution in [2.75, 3.05) is 0 Å². The third-order valence-electron chi connectivity index (χ3n) is 3.85. The van der Waals surface area contributed by atoms with Crippen LogP contribution in [0.1, 0.15) is 51.4 Å². The predicted molar refractivity (Wildman–Crippen MR) is 63.5 cm³/mol. The maximum Gasteiger partial charge on any atom is 0.326 e. The van der Waals surface area contributed by atoms with Crippen molar-refractivity contribution in [3.05, 3.63) is 0 Å². The molecule has 0 radical (unpaired) electrons. The van der Waals surface area contributed by atoms with Gasteiger partial charge in [0, 0.05) is 6.42 Å². The van der Waals surface area contributed by atoms with E-state index in [2.05, 4.69) is 5.32 Å². The molecule has 0 aliphatic heterocycles. The molecule has 1 atom stereocenters. The number of carbonyl (C=O) groups is 2. The smallest absolute Gasteiger partial charge is 0.326 e. The molecule has 2 saturated carbocycles. The quantitative estimate of drug-likeness (QED) is 0.744. The summed E-state index contributed by atoms with van der Waals surface area (Å²) in [7, 11) is 0. The number of carboxylic acids is 1. The topological polar surface area (TPSA) is 66.4 Å². The Morgan fingerprint density at radius 3 is 2.29 bits per heavy atom. The minimum absolute atomic E-state index is 0.0787. The molecule has 0 saturated heterocycles. The third-order valence-corrected chi connectivity index (χ3v) is 3.85. The molecule has 4 nitrogen and oxygen atoms in total. The second kappa shape index (κ2) is 5.52. The van der Waals surface area contributed by atoms with Gasteiger partial charge in [-0.05, 0) is 31.1 Å². The first-order chi connectivity index (χ1) is 8.15. The lowest BCUT2D eigenvalue weighted by molar-refractivity contribution is -0.142. The van der Waals surface area contributed by atoms with Crippen LogP contribution in [0.15, 0.2) is 0 Å². The maximum atomic E-state index is 11.7. The summed E-state index contributed by atoms with van der Waals surface area (Å²) >= 11 is 0. The minimum atomic E-state index is -0.892. The van der Waals surface area contributed by atoms with Crippen molar-refractivity contribution >= 4 is 11.9 Å². The molecule has 96 valence electrons. The zero-order chi connectivity index (χ0) is 12.3. The van der Waals surface area contributed by atoms with Gasteiger partial charge in [0.05, 0.1) is 0 Å². The van der Waals surface area contributed by atoms with Gasteiger partial charge >= 0.3 is 5.97 Å². The van der Waals surface area contributed by atoms with Crippen molar-refractivity contribution in [3.8, 4) is 0 Å². The standard InChI is InChI=1S/C13H21NO3/c15-12(8-9-3-1-2-4-9)14-11(13(16)17)7-10-5-6-10/h9-11H,1-8H2,(H,14,15)(H,16,17). The Kier molecular flexibility index (Phi) is 4.02. The fourth-order valence-electron chi connectivity index (χ4n) is 2.64. The molecule has 0 heterocycles. The molecule has 0 aromatic carbocycles. The lowest BCUT2D eigenvalue weighted by Crippen LogP contribution is -2.41. The summed E-state index contributed by atoms with van der Waals surface area (Å²) < 4.78 is 0. The molecule has 0 aromatic heterocycles. The van der Waals surface area contributed by atoms with Crippen molar-refractivity contribution in [1.29, 1.82) is 0 Å². The van der Waals surface area contributed by atoms with Crippen LogP contribution in [0.4, 0.5) is 0 Å². The van der Waals surface area contributed by atoms with E-state index in [9.17, 15) is 9.59 Å². The molecular weight excluding hydrogens is 218 g/mol. The van der Waals surface area contributed by atoms with Crippen LogP contribution in [0, 0.1) is 11.8 Å². The largest absolute Gasteiger partial charge is 0.480 e. The zero-order valence-electron chi connectivity index (χ0n) is 10.2. The Balaban J connectivity index is 1.75. The average molecular weight is 239 g/mol. The molecule has 0 aromatic rings. The van der Waals surface area contributed by atoms with Crippen LogP contribution in [0.2, 0.25) is 0 Å². The van der Waals surface area contributed by atoms with Crippen LogP contribution >= 0.6 is 0 Å². The van der Waals surface area contributed by atoms with E-state index in [0.717, 1.165) is 25.7 Å². The highest BCUT2D eigenvalue weighted by Crippen LogP contribution is 2.33. The van der Waals surface area contributed by atoms with Crippen LogP contribution in [-0.2, 0) is 9.59 Å². The second-order valence-electron chi connectivity index (χ2n) is 5.49. The lowest BCUT2D eigenvalue weighted by Gasteiger charge is -2.15. The molecule has 0 bridgehead atoms. The fraction of sp³-hybridized carbons (Fsp3) is 0.846. The van der Waals surface area contributed by atoms with Crippen molar-refractivity contribution < 1.29 is 14.7 Å². The van der Waals surface area contributed by atoms with E-state index in [1.54, 1.807) is 0 Å². The summed E-state index contributed by atoms with van der Waals surface area (Å²) in [6, 6.07) is -0.670. The Labute approximate surface area is 102 Å². The van der Waals surface area contributed by atoms with Crippen LogP contribution in [0.5, 0.6) is 0 Å². The summed E-state index contributed by atoms with van der Waals surface area (Å²) in [6.45, 7) is 0.